The SMILES string of the molecule is CCCCCCCON1C(=O)c2ccccc2C1OCc1ccccc1. The normalized spacial score (nSPS) is 16.1. The number of hydroxylamine groups is 2. The van der Waals surface area contributed by atoms with E-state index in [1.807, 2.05) is 54.6 Å². The average Bonchev–Trinajstić information content (AvgIpc) is 2.95. The molecule has 0 spiro atoms. The maximum absolute atomic E-state index is 12.7. The summed E-state index contributed by atoms with van der Waals surface area (Å²) in [7, 11) is 0. The second kappa shape index (κ2) is 9.51. The van der Waals surface area contributed by atoms with Gasteiger partial charge in [-0.3, -0.25) is 9.63 Å². The van der Waals surface area contributed by atoms with Gasteiger partial charge in [0.2, 0.25) is 0 Å². The molecule has 0 saturated carbocycles. The zero-order valence-electron chi connectivity index (χ0n) is 15.4. The van der Waals surface area contributed by atoms with Crippen LogP contribution < -0.4 is 0 Å². The quantitative estimate of drug-likeness (QED) is 0.547. The minimum absolute atomic E-state index is 0.118. The zero-order valence-corrected chi connectivity index (χ0v) is 15.4. The van der Waals surface area contributed by atoms with Gasteiger partial charge < -0.3 is 4.74 Å². The highest BCUT2D eigenvalue weighted by Gasteiger charge is 2.38. The molecule has 0 N–H and O–H groups in total. The van der Waals surface area contributed by atoms with Crippen LogP contribution in [0.1, 0.15) is 66.7 Å². The largest absolute Gasteiger partial charge is 0.347 e. The molecule has 2 aromatic carbocycles. The van der Waals surface area contributed by atoms with Gasteiger partial charge in [-0.1, -0.05) is 81.1 Å². The molecule has 4 nitrogen and oxygen atoms in total. The van der Waals surface area contributed by atoms with E-state index in [0.29, 0.717) is 18.8 Å². The number of hydrogen-bond acceptors (Lipinski definition) is 3. The Morgan fingerprint density at radius 3 is 2.46 bits per heavy atom. The molecule has 1 atom stereocenters. The lowest BCUT2D eigenvalue weighted by molar-refractivity contribution is -0.220. The van der Waals surface area contributed by atoms with E-state index in [0.717, 1.165) is 24.0 Å². The highest BCUT2D eigenvalue weighted by atomic mass is 16.7. The van der Waals surface area contributed by atoms with Gasteiger partial charge >= 0.3 is 0 Å². The molecule has 26 heavy (non-hydrogen) atoms. The molecule has 3 rings (SSSR count). The average molecular weight is 353 g/mol. The van der Waals surface area contributed by atoms with Crippen molar-refractivity contribution < 1.29 is 14.4 Å². The van der Waals surface area contributed by atoms with E-state index in [1.165, 1.54) is 24.3 Å². The summed E-state index contributed by atoms with van der Waals surface area (Å²) in [4.78, 5) is 18.5. The van der Waals surface area contributed by atoms with Crippen molar-refractivity contribution in [1.82, 2.24) is 5.06 Å². The minimum atomic E-state index is -0.491. The van der Waals surface area contributed by atoms with Gasteiger partial charge in [0, 0.05) is 11.1 Å². The predicted molar refractivity (Wildman–Crippen MR) is 101 cm³/mol. The van der Waals surface area contributed by atoms with E-state index in [1.54, 1.807) is 0 Å². The highest BCUT2D eigenvalue weighted by molar-refractivity contribution is 5.98. The van der Waals surface area contributed by atoms with Gasteiger partial charge in [0.1, 0.15) is 0 Å². The van der Waals surface area contributed by atoms with Gasteiger partial charge in [0.05, 0.1) is 13.2 Å². The summed E-state index contributed by atoms with van der Waals surface area (Å²) >= 11 is 0. The first-order valence-electron chi connectivity index (χ1n) is 9.52. The van der Waals surface area contributed by atoms with Crippen LogP contribution in [-0.4, -0.2) is 17.6 Å². The van der Waals surface area contributed by atoms with Gasteiger partial charge in [-0.2, -0.15) is 5.06 Å². The van der Waals surface area contributed by atoms with Gasteiger partial charge in [0.15, 0.2) is 6.23 Å². The number of ether oxygens (including phenoxy) is 1. The van der Waals surface area contributed by atoms with Crippen molar-refractivity contribution in [3.8, 4) is 0 Å². The first-order valence-corrected chi connectivity index (χ1v) is 9.52. The smallest absolute Gasteiger partial charge is 0.280 e. The molecule has 1 amide bonds. The molecule has 1 unspecified atom stereocenters. The van der Waals surface area contributed by atoms with Crippen molar-refractivity contribution in [2.75, 3.05) is 6.61 Å². The number of carbonyl (C=O) groups is 1. The lowest BCUT2D eigenvalue weighted by Crippen LogP contribution is -2.30. The first-order chi connectivity index (χ1) is 12.8. The summed E-state index contributed by atoms with van der Waals surface area (Å²) in [5.41, 5.74) is 2.61. The van der Waals surface area contributed by atoms with E-state index >= 15 is 0 Å². The molecule has 2 aromatic rings. The molecule has 1 aliphatic rings. The fourth-order valence-corrected chi connectivity index (χ4v) is 3.16. The Bertz CT molecular complexity index is 702. The standard InChI is InChI=1S/C22H27NO3/c1-2-3-4-5-11-16-26-23-21(24)19-14-9-10-15-20(19)22(23)25-17-18-12-7-6-8-13-18/h6-10,12-15,22H,2-5,11,16-17H2,1H3. The van der Waals surface area contributed by atoms with E-state index in [2.05, 4.69) is 6.92 Å². The summed E-state index contributed by atoms with van der Waals surface area (Å²) < 4.78 is 6.07. The number of nitrogens with zero attached hydrogens (tertiary/aromatic N) is 1. The van der Waals surface area contributed by atoms with Crippen LogP contribution in [0.3, 0.4) is 0 Å². The van der Waals surface area contributed by atoms with Crippen molar-refractivity contribution in [1.29, 1.82) is 0 Å². The summed E-state index contributed by atoms with van der Waals surface area (Å²) in [6.07, 6.45) is 5.26. The van der Waals surface area contributed by atoms with Crippen molar-refractivity contribution in [2.24, 2.45) is 0 Å². The summed E-state index contributed by atoms with van der Waals surface area (Å²) in [6, 6.07) is 17.6. The van der Waals surface area contributed by atoms with Gasteiger partial charge in [0.25, 0.3) is 5.91 Å². The monoisotopic (exact) mass is 353 g/mol. The van der Waals surface area contributed by atoms with Crippen molar-refractivity contribution in [2.45, 2.75) is 51.9 Å². The first kappa shape index (κ1) is 18.6. The molecule has 0 saturated heterocycles. The third-order valence-corrected chi connectivity index (χ3v) is 4.60. The van der Waals surface area contributed by atoms with E-state index in [9.17, 15) is 4.79 Å². The molecule has 0 bridgehead atoms. The molecule has 138 valence electrons. The number of amides is 1. The fourth-order valence-electron chi connectivity index (χ4n) is 3.16. The van der Waals surface area contributed by atoms with Crippen LogP contribution in [0, 0.1) is 0 Å². The number of unbranched alkanes of at least 4 members (excludes halogenated alkanes) is 4. The second-order valence-electron chi connectivity index (χ2n) is 6.61. The Kier molecular flexibility index (Phi) is 6.81. The molecule has 0 fully saturated rings. The number of fused-ring (bicyclic) bond motifs is 1. The summed E-state index contributed by atoms with van der Waals surface area (Å²) in [5.74, 6) is -0.118. The van der Waals surface area contributed by atoms with E-state index in [4.69, 9.17) is 9.57 Å². The second-order valence-corrected chi connectivity index (χ2v) is 6.61. The van der Waals surface area contributed by atoms with E-state index < -0.39 is 6.23 Å². The van der Waals surface area contributed by atoms with Crippen molar-refractivity contribution in [3.63, 3.8) is 0 Å². The Labute approximate surface area is 155 Å². The molecular weight excluding hydrogens is 326 g/mol. The lowest BCUT2D eigenvalue weighted by atomic mass is 10.1. The molecule has 0 aliphatic carbocycles. The molecule has 0 radical (unpaired) electrons. The highest BCUT2D eigenvalue weighted by Crippen LogP contribution is 2.35. The van der Waals surface area contributed by atoms with Crippen LogP contribution >= 0.6 is 0 Å². The molecule has 4 heteroatoms. The van der Waals surface area contributed by atoms with Gasteiger partial charge in [-0.25, -0.2) is 0 Å². The lowest BCUT2D eigenvalue weighted by Gasteiger charge is -2.24. The van der Waals surface area contributed by atoms with Crippen LogP contribution in [-0.2, 0) is 16.2 Å². The molecular formula is C22H27NO3. The summed E-state index contributed by atoms with van der Waals surface area (Å²) in [5, 5.41) is 1.41. The van der Waals surface area contributed by atoms with Crippen LogP contribution in [0.2, 0.25) is 0 Å². The number of benzene rings is 2. The maximum Gasteiger partial charge on any atom is 0.280 e. The van der Waals surface area contributed by atoms with Crippen LogP contribution in [0.5, 0.6) is 0 Å². The Morgan fingerprint density at radius 2 is 1.65 bits per heavy atom. The number of hydrogen-bond donors (Lipinski definition) is 0. The Balaban J connectivity index is 1.63. The zero-order chi connectivity index (χ0) is 18.2. The van der Waals surface area contributed by atoms with Crippen LogP contribution in [0.15, 0.2) is 54.6 Å². The number of rotatable bonds is 10. The van der Waals surface area contributed by atoms with Gasteiger partial charge in [-0.15, -0.1) is 0 Å². The topological polar surface area (TPSA) is 38.8 Å². The van der Waals surface area contributed by atoms with Crippen molar-refractivity contribution in [3.05, 3.63) is 71.3 Å². The summed E-state index contributed by atoms with van der Waals surface area (Å²) in [6.45, 7) is 3.17. The van der Waals surface area contributed by atoms with E-state index in [-0.39, 0.29) is 5.91 Å². The minimum Gasteiger partial charge on any atom is -0.347 e. The Morgan fingerprint density at radius 1 is 0.923 bits per heavy atom. The Hall–Kier alpha value is -2.17. The maximum atomic E-state index is 12.7. The van der Waals surface area contributed by atoms with Crippen molar-refractivity contribution >= 4 is 5.91 Å². The third-order valence-electron chi connectivity index (χ3n) is 4.60. The molecule has 1 heterocycles. The van der Waals surface area contributed by atoms with Crippen LogP contribution in [0.25, 0.3) is 0 Å². The molecule has 1 aliphatic heterocycles. The third kappa shape index (κ3) is 4.51. The van der Waals surface area contributed by atoms with Crippen LogP contribution in [0.4, 0.5) is 0 Å². The fraction of sp³-hybridized carbons (Fsp3) is 0.409. The predicted octanol–water partition coefficient (Wildman–Crippen LogP) is 5.26. The van der Waals surface area contributed by atoms with Gasteiger partial charge in [-0.05, 0) is 18.1 Å². The number of carbonyl (C=O) groups excluding carboxylic acids is 1. The molecule has 0 aromatic heterocycles.